The summed E-state index contributed by atoms with van der Waals surface area (Å²) in [6, 6.07) is 0. The van der Waals surface area contributed by atoms with Crippen LogP contribution in [0.2, 0.25) is 0 Å². The molecule has 70 valence electrons. The minimum atomic E-state index is -0.230. The molecule has 0 saturated carbocycles. The Balaban J connectivity index is 2.31. The fourth-order valence-corrected chi connectivity index (χ4v) is 1.01. The first-order chi connectivity index (χ1) is 6.29. The molecule has 3 heteroatoms. The number of carbonyl (C=O) groups excluding carboxylic acids is 1. The van der Waals surface area contributed by atoms with Crippen molar-refractivity contribution >= 4 is 12.2 Å². The molecule has 0 aromatic heterocycles. The Labute approximate surface area is 77.8 Å². The Bertz CT molecular complexity index is 264. The fraction of sp³-hybridized carbons (Fsp3) is 0.400. The summed E-state index contributed by atoms with van der Waals surface area (Å²) in [5.41, 5.74) is 1.14. The quantitative estimate of drug-likeness (QED) is 0.616. The summed E-state index contributed by atoms with van der Waals surface area (Å²) < 4.78 is 4.83. The lowest BCUT2D eigenvalue weighted by Gasteiger charge is -2.01. The van der Waals surface area contributed by atoms with Crippen LogP contribution in [0.3, 0.4) is 0 Å². The average molecular weight is 179 g/mol. The van der Waals surface area contributed by atoms with Gasteiger partial charge in [-0.05, 0) is 11.6 Å². The summed E-state index contributed by atoms with van der Waals surface area (Å²) in [6.07, 6.45) is 8.47. The van der Waals surface area contributed by atoms with Crippen LogP contribution in [-0.4, -0.2) is 25.3 Å². The van der Waals surface area contributed by atoms with Crippen molar-refractivity contribution in [3.63, 3.8) is 0 Å². The fourth-order valence-electron chi connectivity index (χ4n) is 1.01. The van der Waals surface area contributed by atoms with Gasteiger partial charge in [-0.3, -0.25) is 9.79 Å². The number of hydrogen-bond donors (Lipinski definition) is 0. The van der Waals surface area contributed by atoms with Gasteiger partial charge in [0.25, 0.3) is 0 Å². The molecule has 0 aromatic carbocycles. The minimum absolute atomic E-state index is 0.230. The molecule has 0 unspecified atom stereocenters. The van der Waals surface area contributed by atoms with Gasteiger partial charge >= 0.3 is 5.97 Å². The third-order valence-corrected chi connectivity index (χ3v) is 1.63. The molecule has 0 N–H and O–H groups in total. The van der Waals surface area contributed by atoms with E-state index in [0.717, 1.165) is 18.5 Å². The summed E-state index contributed by atoms with van der Waals surface area (Å²) in [5.74, 6) is -0.230. The van der Waals surface area contributed by atoms with Gasteiger partial charge < -0.3 is 4.74 Å². The molecule has 0 spiro atoms. The molecule has 0 bridgehead atoms. The average Bonchev–Trinajstić information content (AvgIpc) is 2.32. The lowest BCUT2D eigenvalue weighted by Crippen LogP contribution is -2.00. The Morgan fingerprint density at radius 1 is 1.69 bits per heavy atom. The van der Waals surface area contributed by atoms with E-state index in [-0.39, 0.29) is 5.97 Å². The van der Waals surface area contributed by atoms with Gasteiger partial charge in [0.15, 0.2) is 0 Å². The Morgan fingerprint density at radius 3 is 3.31 bits per heavy atom. The molecule has 0 saturated heterocycles. The second-order valence-electron chi connectivity index (χ2n) is 2.75. The highest BCUT2D eigenvalue weighted by molar-refractivity contribution is 5.73. The number of rotatable bonds is 3. The van der Waals surface area contributed by atoms with Crippen LogP contribution in [0.1, 0.15) is 13.3 Å². The van der Waals surface area contributed by atoms with Gasteiger partial charge in [0.1, 0.15) is 0 Å². The van der Waals surface area contributed by atoms with Gasteiger partial charge in [-0.2, -0.15) is 0 Å². The van der Waals surface area contributed by atoms with E-state index in [4.69, 9.17) is 4.74 Å². The van der Waals surface area contributed by atoms with Gasteiger partial charge in [-0.1, -0.05) is 12.2 Å². The number of hydrogen-bond acceptors (Lipinski definition) is 3. The number of carbonyl (C=O) groups is 1. The summed E-state index contributed by atoms with van der Waals surface area (Å²) in [6.45, 7) is 2.59. The molecule has 1 aliphatic heterocycles. The first kappa shape index (κ1) is 9.71. The van der Waals surface area contributed by atoms with Crippen molar-refractivity contribution in [1.29, 1.82) is 0 Å². The van der Waals surface area contributed by atoms with E-state index in [9.17, 15) is 4.79 Å². The van der Waals surface area contributed by atoms with E-state index in [0.29, 0.717) is 6.61 Å². The standard InChI is InChI=1S/C10H13NO2/c1-9(12)13-8-5-10-3-2-6-11-7-4-10/h2-4,7H,5-6,8H2,1H3. The molecule has 0 radical (unpaired) electrons. The van der Waals surface area contributed by atoms with E-state index in [1.54, 1.807) is 6.21 Å². The van der Waals surface area contributed by atoms with Gasteiger partial charge in [0.2, 0.25) is 0 Å². The third kappa shape index (κ3) is 4.25. The highest BCUT2D eigenvalue weighted by atomic mass is 16.5. The smallest absolute Gasteiger partial charge is 0.302 e. The van der Waals surface area contributed by atoms with Crippen LogP contribution in [0.5, 0.6) is 0 Å². The number of ether oxygens (including phenoxy) is 1. The van der Waals surface area contributed by atoms with Gasteiger partial charge in [0, 0.05) is 19.6 Å². The Hall–Kier alpha value is -1.38. The second-order valence-corrected chi connectivity index (χ2v) is 2.75. The van der Waals surface area contributed by atoms with Crippen LogP contribution < -0.4 is 0 Å². The minimum Gasteiger partial charge on any atom is -0.466 e. The summed E-state index contributed by atoms with van der Waals surface area (Å²) >= 11 is 0. The number of esters is 1. The van der Waals surface area contributed by atoms with Crippen molar-refractivity contribution < 1.29 is 9.53 Å². The molecule has 1 aliphatic rings. The van der Waals surface area contributed by atoms with E-state index in [1.807, 2.05) is 18.2 Å². The highest BCUT2D eigenvalue weighted by Crippen LogP contribution is 2.04. The highest BCUT2D eigenvalue weighted by Gasteiger charge is 1.96. The first-order valence-corrected chi connectivity index (χ1v) is 4.28. The molecule has 0 fully saturated rings. The normalized spacial score (nSPS) is 15.0. The maximum absolute atomic E-state index is 10.5. The number of nitrogens with zero attached hydrogens (tertiary/aromatic N) is 1. The zero-order valence-electron chi connectivity index (χ0n) is 7.69. The van der Waals surface area contributed by atoms with Gasteiger partial charge in [-0.25, -0.2) is 0 Å². The topological polar surface area (TPSA) is 38.7 Å². The summed E-state index contributed by atoms with van der Waals surface area (Å²) in [4.78, 5) is 14.5. The number of aliphatic imine (C=N–C) groups is 1. The second kappa shape index (κ2) is 5.30. The molecule has 0 aromatic rings. The van der Waals surface area contributed by atoms with Crippen LogP contribution in [0, 0.1) is 0 Å². The van der Waals surface area contributed by atoms with Crippen LogP contribution in [0.25, 0.3) is 0 Å². The lowest BCUT2D eigenvalue weighted by atomic mass is 10.2. The van der Waals surface area contributed by atoms with Crippen LogP contribution in [0.15, 0.2) is 28.8 Å². The van der Waals surface area contributed by atoms with E-state index in [1.165, 1.54) is 6.92 Å². The molecule has 1 rings (SSSR count). The van der Waals surface area contributed by atoms with Gasteiger partial charge in [-0.15, -0.1) is 0 Å². The molecule has 1 heterocycles. The summed E-state index contributed by atoms with van der Waals surface area (Å²) in [5, 5.41) is 0. The summed E-state index contributed by atoms with van der Waals surface area (Å²) in [7, 11) is 0. The molecule has 0 amide bonds. The van der Waals surface area contributed by atoms with Crippen molar-refractivity contribution in [2.75, 3.05) is 13.2 Å². The zero-order valence-corrected chi connectivity index (χ0v) is 7.69. The first-order valence-electron chi connectivity index (χ1n) is 4.28. The largest absolute Gasteiger partial charge is 0.466 e. The predicted molar refractivity (Wildman–Crippen MR) is 51.8 cm³/mol. The van der Waals surface area contributed by atoms with Crippen molar-refractivity contribution in [3.05, 3.63) is 23.8 Å². The van der Waals surface area contributed by atoms with Crippen LogP contribution >= 0.6 is 0 Å². The van der Waals surface area contributed by atoms with Crippen molar-refractivity contribution in [2.24, 2.45) is 4.99 Å². The van der Waals surface area contributed by atoms with E-state index < -0.39 is 0 Å². The van der Waals surface area contributed by atoms with Crippen LogP contribution in [0.4, 0.5) is 0 Å². The molecule has 0 aliphatic carbocycles. The van der Waals surface area contributed by atoms with E-state index >= 15 is 0 Å². The molecular formula is C10H13NO2. The molecule has 0 atom stereocenters. The van der Waals surface area contributed by atoms with Crippen molar-refractivity contribution in [1.82, 2.24) is 0 Å². The predicted octanol–water partition coefficient (Wildman–Crippen LogP) is 1.51. The third-order valence-electron chi connectivity index (χ3n) is 1.63. The van der Waals surface area contributed by atoms with E-state index in [2.05, 4.69) is 4.99 Å². The van der Waals surface area contributed by atoms with Crippen molar-refractivity contribution in [2.45, 2.75) is 13.3 Å². The number of allylic oxidation sites excluding steroid dienone is 2. The Morgan fingerprint density at radius 2 is 2.54 bits per heavy atom. The maximum atomic E-state index is 10.5. The Kier molecular flexibility index (Phi) is 3.96. The molecule has 13 heavy (non-hydrogen) atoms. The monoisotopic (exact) mass is 179 g/mol. The zero-order chi connectivity index (χ0) is 9.52. The van der Waals surface area contributed by atoms with Crippen LogP contribution in [-0.2, 0) is 9.53 Å². The maximum Gasteiger partial charge on any atom is 0.302 e. The van der Waals surface area contributed by atoms with Crippen molar-refractivity contribution in [3.8, 4) is 0 Å². The lowest BCUT2D eigenvalue weighted by molar-refractivity contribution is -0.140. The molecular weight excluding hydrogens is 166 g/mol. The van der Waals surface area contributed by atoms with Gasteiger partial charge in [0.05, 0.1) is 13.2 Å². The SMILES string of the molecule is CC(=O)OCCC1=CC=NCC=C1. The molecule has 3 nitrogen and oxygen atoms in total.